The summed E-state index contributed by atoms with van der Waals surface area (Å²) in [6.45, 7) is 2.40. The molecule has 154 valence electrons. The predicted molar refractivity (Wildman–Crippen MR) is 125 cm³/mol. The maximum Gasteiger partial charge on any atom is 0.162 e. The Labute approximate surface area is 189 Å². The normalized spacial score (nSPS) is 18.7. The van der Waals surface area contributed by atoms with Gasteiger partial charge < -0.3 is 9.84 Å². The first-order valence-electron chi connectivity index (χ1n) is 9.84. The predicted octanol–water partition coefficient (Wildman–Crippen LogP) is 6.43. The molecule has 0 aromatic heterocycles. The maximum absolute atomic E-state index is 10.8. The molecule has 0 saturated carbocycles. The molecule has 0 bridgehead atoms. The van der Waals surface area contributed by atoms with E-state index < -0.39 is 0 Å². The monoisotopic (exact) mass is 484 g/mol. The van der Waals surface area contributed by atoms with Crippen LogP contribution in [0.2, 0.25) is 5.02 Å². The smallest absolute Gasteiger partial charge is 0.162 e. The number of nitrogens with zero attached hydrogens (tertiary/aromatic N) is 1. The van der Waals surface area contributed by atoms with Crippen molar-refractivity contribution in [1.29, 1.82) is 0 Å². The summed E-state index contributed by atoms with van der Waals surface area (Å²) in [6, 6.07) is 21.3. The lowest BCUT2D eigenvalue weighted by Gasteiger charge is -2.31. The number of aromatic hydroxyl groups is 1. The standard InChI is InChI=1S/C24H22BrClN2O2/c1-2-30-22-5-3-4-19(23(22)29)21-14-20(15-6-10-17(25)11-7-15)27-24(28-21)16-8-12-18(26)13-9-16/h3-13,21,24,28-29H,2,14H2,1H3/t21-,24+/m1/s1. The van der Waals surface area contributed by atoms with Gasteiger partial charge >= 0.3 is 0 Å². The van der Waals surface area contributed by atoms with Gasteiger partial charge in [-0.1, -0.05) is 63.9 Å². The van der Waals surface area contributed by atoms with Crippen LogP contribution in [0.15, 0.2) is 76.2 Å². The molecule has 1 aliphatic rings. The molecule has 4 nitrogen and oxygen atoms in total. The van der Waals surface area contributed by atoms with Gasteiger partial charge in [0.25, 0.3) is 0 Å². The maximum atomic E-state index is 10.8. The van der Waals surface area contributed by atoms with E-state index in [2.05, 4.69) is 33.4 Å². The average molecular weight is 486 g/mol. The zero-order chi connectivity index (χ0) is 21.1. The van der Waals surface area contributed by atoms with Crippen molar-refractivity contribution >= 4 is 33.2 Å². The van der Waals surface area contributed by atoms with Crippen LogP contribution in [0, 0.1) is 0 Å². The highest BCUT2D eigenvalue weighted by molar-refractivity contribution is 9.10. The van der Waals surface area contributed by atoms with Crippen molar-refractivity contribution in [2.75, 3.05) is 6.61 Å². The molecule has 30 heavy (non-hydrogen) atoms. The van der Waals surface area contributed by atoms with Crippen molar-refractivity contribution in [3.05, 3.63) is 92.9 Å². The molecule has 1 heterocycles. The first-order chi connectivity index (χ1) is 14.5. The molecule has 6 heteroatoms. The van der Waals surface area contributed by atoms with Crippen molar-refractivity contribution in [2.24, 2.45) is 4.99 Å². The fourth-order valence-corrected chi connectivity index (χ4v) is 4.02. The summed E-state index contributed by atoms with van der Waals surface area (Å²) in [5, 5.41) is 15.1. The minimum Gasteiger partial charge on any atom is -0.504 e. The highest BCUT2D eigenvalue weighted by Crippen LogP contribution is 2.39. The van der Waals surface area contributed by atoms with E-state index in [1.807, 2.05) is 55.5 Å². The number of aliphatic imine (C=N–C) groups is 1. The van der Waals surface area contributed by atoms with Crippen molar-refractivity contribution in [1.82, 2.24) is 5.32 Å². The molecule has 0 fully saturated rings. The van der Waals surface area contributed by atoms with Gasteiger partial charge in [-0.15, -0.1) is 0 Å². The zero-order valence-corrected chi connectivity index (χ0v) is 18.8. The number of ether oxygens (including phenoxy) is 1. The number of phenolic OH excluding ortho intramolecular Hbond substituents is 1. The van der Waals surface area contributed by atoms with Gasteiger partial charge in [0.1, 0.15) is 6.17 Å². The third kappa shape index (κ3) is 4.53. The SMILES string of the molecule is CCOc1cccc([C@H]2CC(c3ccc(Br)cc3)=N[C@H](c3ccc(Cl)cc3)N2)c1O. The van der Waals surface area contributed by atoms with Crippen LogP contribution in [0.1, 0.15) is 42.2 Å². The van der Waals surface area contributed by atoms with Crippen LogP contribution >= 0.6 is 27.5 Å². The van der Waals surface area contributed by atoms with Crippen molar-refractivity contribution in [3.8, 4) is 11.5 Å². The van der Waals surface area contributed by atoms with Crippen LogP contribution in [0.3, 0.4) is 0 Å². The topological polar surface area (TPSA) is 53.8 Å². The van der Waals surface area contributed by atoms with Gasteiger partial charge in [-0.25, -0.2) is 0 Å². The number of hydrogen-bond acceptors (Lipinski definition) is 4. The number of hydrogen-bond donors (Lipinski definition) is 2. The first-order valence-corrected chi connectivity index (χ1v) is 11.0. The van der Waals surface area contributed by atoms with E-state index in [4.69, 9.17) is 21.3 Å². The molecular weight excluding hydrogens is 464 g/mol. The van der Waals surface area contributed by atoms with E-state index in [9.17, 15) is 5.11 Å². The van der Waals surface area contributed by atoms with Gasteiger partial charge in [-0.2, -0.15) is 0 Å². The van der Waals surface area contributed by atoms with E-state index in [1.54, 1.807) is 6.07 Å². The molecule has 4 rings (SSSR count). The molecular formula is C24H22BrClN2O2. The zero-order valence-electron chi connectivity index (χ0n) is 16.5. The fourth-order valence-electron chi connectivity index (χ4n) is 3.63. The summed E-state index contributed by atoms with van der Waals surface area (Å²) in [5.74, 6) is 0.663. The molecule has 0 radical (unpaired) electrons. The minimum atomic E-state index is -0.255. The van der Waals surface area contributed by atoms with Crippen LogP contribution in [0.25, 0.3) is 0 Å². The Hall–Kier alpha value is -2.34. The lowest BCUT2D eigenvalue weighted by Crippen LogP contribution is -2.33. The number of phenols is 1. The molecule has 1 aliphatic heterocycles. The Morgan fingerprint density at radius 2 is 1.83 bits per heavy atom. The summed E-state index contributed by atoms with van der Waals surface area (Å²) < 4.78 is 6.61. The van der Waals surface area contributed by atoms with Gasteiger partial charge in [0, 0.05) is 33.2 Å². The molecule has 0 unspecified atom stereocenters. The van der Waals surface area contributed by atoms with Crippen LogP contribution in [-0.4, -0.2) is 17.4 Å². The first kappa shape index (κ1) is 20.9. The third-order valence-electron chi connectivity index (χ3n) is 5.11. The lowest BCUT2D eigenvalue weighted by atomic mass is 9.93. The van der Waals surface area contributed by atoms with Crippen molar-refractivity contribution in [3.63, 3.8) is 0 Å². The molecule has 0 aliphatic carbocycles. The van der Waals surface area contributed by atoms with E-state index >= 15 is 0 Å². The van der Waals surface area contributed by atoms with Crippen LogP contribution in [0.4, 0.5) is 0 Å². The van der Waals surface area contributed by atoms with E-state index in [1.165, 1.54) is 0 Å². The Bertz CT molecular complexity index is 1050. The lowest BCUT2D eigenvalue weighted by molar-refractivity contribution is 0.313. The fraction of sp³-hybridized carbons (Fsp3) is 0.208. The molecule has 0 amide bonds. The molecule has 2 atom stereocenters. The number of rotatable bonds is 5. The van der Waals surface area contributed by atoms with Gasteiger partial charge in [0.15, 0.2) is 11.5 Å². The second kappa shape index (κ2) is 9.21. The second-order valence-corrected chi connectivity index (χ2v) is 8.44. The summed E-state index contributed by atoms with van der Waals surface area (Å²) in [6.07, 6.45) is 0.393. The highest BCUT2D eigenvalue weighted by atomic mass is 79.9. The van der Waals surface area contributed by atoms with Crippen LogP contribution < -0.4 is 10.1 Å². The number of nitrogens with one attached hydrogen (secondary N) is 1. The molecule has 3 aromatic carbocycles. The van der Waals surface area contributed by atoms with Gasteiger partial charge in [0.05, 0.1) is 6.61 Å². The molecule has 3 aromatic rings. The van der Waals surface area contributed by atoms with Crippen LogP contribution in [-0.2, 0) is 0 Å². The summed E-state index contributed by atoms with van der Waals surface area (Å²) >= 11 is 9.57. The summed E-state index contributed by atoms with van der Waals surface area (Å²) in [4.78, 5) is 4.98. The molecule has 2 N–H and O–H groups in total. The summed E-state index contributed by atoms with van der Waals surface area (Å²) in [7, 11) is 0. The van der Waals surface area contributed by atoms with Crippen molar-refractivity contribution < 1.29 is 9.84 Å². The Kier molecular flexibility index (Phi) is 6.42. The number of halogens is 2. The van der Waals surface area contributed by atoms with Gasteiger partial charge in [-0.3, -0.25) is 10.3 Å². The van der Waals surface area contributed by atoms with E-state index in [0.717, 1.165) is 26.9 Å². The van der Waals surface area contributed by atoms with Crippen molar-refractivity contribution in [2.45, 2.75) is 25.6 Å². The second-order valence-electron chi connectivity index (χ2n) is 7.09. The summed E-state index contributed by atoms with van der Waals surface area (Å²) in [5.41, 5.74) is 3.85. The quantitative estimate of drug-likeness (QED) is 0.438. The van der Waals surface area contributed by atoms with E-state index in [-0.39, 0.29) is 18.0 Å². The third-order valence-corrected chi connectivity index (χ3v) is 5.89. The Balaban J connectivity index is 1.74. The highest BCUT2D eigenvalue weighted by Gasteiger charge is 2.28. The Morgan fingerprint density at radius 1 is 1.10 bits per heavy atom. The number of para-hydroxylation sites is 1. The molecule has 0 spiro atoms. The van der Waals surface area contributed by atoms with E-state index in [0.29, 0.717) is 23.8 Å². The molecule has 0 saturated heterocycles. The minimum absolute atomic E-state index is 0.123. The average Bonchev–Trinajstić information content (AvgIpc) is 2.76. The van der Waals surface area contributed by atoms with Crippen LogP contribution in [0.5, 0.6) is 11.5 Å². The Morgan fingerprint density at radius 3 is 2.53 bits per heavy atom. The van der Waals surface area contributed by atoms with Gasteiger partial charge in [-0.05, 0) is 48.4 Å². The van der Waals surface area contributed by atoms with Gasteiger partial charge in [0.2, 0.25) is 0 Å². The largest absolute Gasteiger partial charge is 0.504 e. The number of benzene rings is 3.